The van der Waals surface area contributed by atoms with Crippen molar-refractivity contribution in [2.75, 3.05) is 11.4 Å². The molecule has 5 heteroatoms. The molecular weight excluding hydrogens is 368 g/mol. The zero-order valence-electron chi connectivity index (χ0n) is 15.3. The molecule has 2 nitrogen and oxygen atoms in total. The third kappa shape index (κ3) is 6.03. The number of benzene rings is 2. The molecule has 0 spiro atoms. The SMILES string of the molecule is CCCCC(CC)CN(C(=O)c1ccccc1)c1ccc(F)[c-]c1F.[Ti]. The molecule has 1 atom stereocenters. The number of nitrogens with zero attached hydrogens (tertiary/aromatic N) is 1. The number of halogens is 2. The van der Waals surface area contributed by atoms with Crippen LogP contribution in [0.25, 0.3) is 0 Å². The van der Waals surface area contributed by atoms with Crippen molar-refractivity contribution in [3.63, 3.8) is 0 Å². The molecule has 1 amide bonds. The minimum atomic E-state index is -0.838. The molecule has 0 heterocycles. The van der Waals surface area contributed by atoms with Gasteiger partial charge < -0.3 is 4.90 Å². The third-order valence-electron chi connectivity index (χ3n) is 4.38. The molecule has 0 aliphatic heterocycles. The van der Waals surface area contributed by atoms with Crippen LogP contribution in [-0.4, -0.2) is 12.5 Å². The van der Waals surface area contributed by atoms with Crippen molar-refractivity contribution in [3.8, 4) is 0 Å². The second kappa shape index (κ2) is 11.3. The first-order chi connectivity index (χ1) is 12.1. The maximum absolute atomic E-state index is 14.3. The Balaban J connectivity index is 0.00000338. The van der Waals surface area contributed by atoms with Gasteiger partial charge in [-0.05, 0) is 30.2 Å². The number of hydrogen-bond donors (Lipinski definition) is 0. The fourth-order valence-electron chi connectivity index (χ4n) is 2.85. The van der Waals surface area contributed by atoms with Gasteiger partial charge in [-0.3, -0.25) is 4.79 Å². The molecule has 26 heavy (non-hydrogen) atoms. The third-order valence-corrected chi connectivity index (χ3v) is 4.38. The average Bonchev–Trinajstić information content (AvgIpc) is 2.63. The standard InChI is InChI=1S/C21H24F2NO.Ti/c1-3-5-9-16(4-2)15-24(20-13-12-18(22)14-19(20)23)21(25)17-10-7-6-8-11-17;/h6-8,10-13,16H,3-5,9,15H2,1-2H3;/q-1;. The van der Waals surface area contributed by atoms with Crippen LogP contribution >= 0.6 is 0 Å². The molecule has 0 aromatic heterocycles. The Bertz CT molecular complexity index is 694. The van der Waals surface area contributed by atoms with E-state index in [0.29, 0.717) is 12.1 Å². The van der Waals surface area contributed by atoms with Crippen molar-refractivity contribution in [1.29, 1.82) is 0 Å². The van der Waals surface area contributed by atoms with Gasteiger partial charge in [-0.2, -0.15) is 0 Å². The summed E-state index contributed by atoms with van der Waals surface area (Å²) < 4.78 is 27.5. The molecule has 0 N–H and O–H groups in total. The van der Waals surface area contributed by atoms with Gasteiger partial charge in [-0.1, -0.05) is 51.3 Å². The van der Waals surface area contributed by atoms with Crippen LogP contribution in [0.5, 0.6) is 0 Å². The molecule has 0 bridgehead atoms. The number of rotatable bonds is 8. The Kier molecular flexibility index (Phi) is 9.75. The second-order valence-corrected chi connectivity index (χ2v) is 6.20. The molecule has 2 rings (SSSR count). The largest absolute Gasteiger partial charge is 0.359 e. The molecule has 0 aliphatic rings. The summed E-state index contributed by atoms with van der Waals surface area (Å²) in [6, 6.07) is 13.3. The van der Waals surface area contributed by atoms with E-state index in [1.807, 2.05) is 12.1 Å². The summed E-state index contributed by atoms with van der Waals surface area (Å²) in [5, 5.41) is 0. The predicted octanol–water partition coefficient (Wildman–Crippen LogP) is 5.63. The molecular formula is C21H24F2NOTi-. The van der Waals surface area contributed by atoms with Crippen LogP contribution in [0.2, 0.25) is 0 Å². The van der Waals surface area contributed by atoms with Gasteiger partial charge in [-0.15, -0.1) is 18.2 Å². The second-order valence-electron chi connectivity index (χ2n) is 6.20. The average molecular weight is 392 g/mol. The van der Waals surface area contributed by atoms with E-state index in [-0.39, 0.29) is 39.2 Å². The molecule has 0 radical (unpaired) electrons. The Morgan fingerprint density at radius 1 is 1.12 bits per heavy atom. The van der Waals surface area contributed by atoms with Gasteiger partial charge in [0.05, 0.1) is 0 Å². The van der Waals surface area contributed by atoms with E-state index in [2.05, 4.69) is 13.8 Å². The Hall–Kier alpha value is -1.52. The smallest absolute Gasteiger partial charge is 0.247 e. The van der Waals surface area contributed by atoms with E-state index >= 15 is 0 Å². The molecule has 1 unspecified atom stereocenters. The quantitative estimate of drug-likeness (QED) is 0.422. The normalized spacial score (nSPS) is 11.5. The molecule has 0 aliphatic carbocycles. The van der Waals surface area contributed by atoms with Crippen LogP contribution in [-0.2, 0) is 21.7 Å². The first kappa shape index (κ1) is 22.5. The zero-order chi connectivity index (χ0) is 18.2. The van der Waals surface area contributed by atoms with Crippen molar-refractivity contribution in [1.82, 2.24) is 0 Å². The number of unbranched alkanes of at least 4 members (excludes halogenated alkanes) is 1. The monoisotopic (exact) mass is 392 g/mol. The summed E-state index contributed by atoms with van der Waals surface area (Å²) in [5.41, 5.74) is 0.557. The minimum Gasteiger partial charge on any atom is -0.359 e. The van der Waals surface area contributed by atoms with Crippen molar-refractivity contribution >= 4 is 11.6 Å². The van der Waals surface area contributed by atoms with Crippen LogP contribution in [0.1, 0.15) is 49.9 Å². The van der Waals surface area contributed by atoms with Gasteiger partial charge in [0, 0.05) is 45.5 Å². The van der Waals surface area contributed by atoms with E-state index in [1.54, 1.807) is 24.3 Å². The van der Waals surface area contributed by atoms with E-state index in [4.69, 9.17) is 0 Å². The van der Waals surface area contributed by atoms with Gasteiger partial charge in [-0.25, -0.2) is 8.78 Å². The van der Waals surface area contributed by atoms with Crippen LogP contribution in [0.15, 0.2) is 42.5 Å². The van der Waals surface area contributed by atoms with E-state index in [1.165, 1.54) is 11.0 Å². The molecule has 0 fully saturated rings. The Labute approximate surface area is 169 Å². The first-order valence-corrected chi connectivity index (χ1v) is 8.81. The van der Waals surface area contributed by atoms with Gasteiger partial charge in [0.1, 0.15) is 0 Å². The first-order valence-electron chi connectivity index (χ1n) is 8.81. The van der Waals surface area contributed by atoms with Crippen LogP contribution in [0.3, 0.4) is 0 Å². The van der Waals surface area contributed by atoms with Gasteiger partial charge in [0.2, 0.25) is 5.91 Å². The predicted molar refractivity (Wildman–Crippen MR) is 96.6 cm³/mol. The number of hydrogen-bond acceptors (Lipinski definition) is 1. The number of amides is 1. The number of carbonyl (C=O) groups excluding carboxylic acids is 1. The topological polar surface area (TPSA) is 20.3 Å². The van der Waals surface area contributed by atoms with E-state index < -0.39 is 11.6 Å². The number of anilines is 1. The van der Waals surface area contributed by atoms with Crippen molar-refractivity contribution in [3.05, 3.63) is 65.7 Å². The zero-order valence-corrected chi connectivity index (χ0v) is 16.8. The van der Waals surface area contributed by atoms with E-state index in [0.717, 1.165) is 31.7 Å². The van der Waals surface area contributed by atoms with Crippen molar-refractivity contribution in [2.45, 2.75) is 39.5 Å². The Morgan fingerprint density at radius 2 is 1.81 bits per heavy atom. The molecule has 0 saturated heterocycles. The van der Waals surface area contributed by atoms with Crippen LogP contribution in [0, 0.1) is 23.6 Å². The van der Waals surface area contributed by atoms with Gasteiger partial charge in [0.25, 0.3) is 0 Å². The summed E-state index contributed by atoms with van der Waals surface area (Å²) in [5.74, 6) is -1.63. The van der Waals surface area contributed by atoms with E-state index in [9.17, 15) is 13.6 Å². The van der Waals surface area contributed by atoms with Gasteiger partial charge in [0.15, 0.2) is 0 Å². The maximum atomic E-state index is 14.3. The van der Waals surface area contributed by atoms with Gasteiger partial charge >= 0.3 is 0 Å². The van der Waals surface area contributed by atoms with Crippen molar-refractivity contribution in [2.24, 2.45) is 5.92 Å². The summed E-state index contributed by atoms with van der Waals surface area (Å²) in [6.07, 6.45) is 3.99. The fraction of sp³-hybridized carbons (Fsp3) is 0.381. The summed E-state index contributed by atoms with van der Waals surface area (Å²) in [6.45, 7) is 4.59. The van der Waals surface area contributed by atoms with Crippen LogP contribution in [0.4, 0.5) is 14.5 Å². The molecule has 138 valence electrons. The Morgan fingerprint density at radius 3 is 2.38 bits per heavy atom. The summed E-state index contributed by atoms with van der Waals surface area (Å²) in [4.78, 5) is 14.4. The summed E-state index contributed by atoms with van der Waals surface area (Å²) >= 11 is 0. The minimum absolute atomic E-state index is 0. The number of carbonyl (C=O) groups is 1. The van der Waals surface area contributed by atoms with Crippen molar-refractivity contribution < 1.29 is 35.3 Å². The molecule has 0 saturated carbocycles. The molecule has 2 aromatic rings. The summed E-state index contributed by atoms with van der Waals surface area (Å²) in [7, 11) is 0. The van der Waals surface area contributed by atoms with Crippen LogP contribution < -0.4 is 4.90 Å². The molecule has 2 aromatic carbocycles. The fourth-order valence-corrected chi connectivity index (χ4v) is 2.85. The maximum Gasteiger partial charge on any atom is 0.247 e.